The second kappa shape index (κ2) is 11.9. The Kier molecular flexibility index (Phi) is 13.1. The van der Waals surface area contributed by atoms with Crippen molar-refractivity contribution in [3.8, 4) is 0 Å². The first kappa shape index (κ1) is 28.6. The Hall–Kier alpha value is 2.65. The van der Waals surface area contributed by atoms with E-state index in [1.165, 1.54) is 12.1 Å². The highest BCUT2D eigenvalue weighted by Crippen LogP contribution is 2.43. The van der Waals surface area contributed by atoms with Crippen molar-refractivity contribution in [1.82, 2.24) is 17.1 Å². The molecule has 15 heteroatoms. The van der Waals surface area contributed by atoms with Gasteiger partial charge in [0.25, 0.3) is 0 Å². The van der Waals surface area contributed by atoms with Gasteiger partial charge in [0.05, 0.1) is 0 Å². The summed E-state index contributed by atoms with van der Waals surface area (Å²) in [6.45, 7) is 18.1. The van der Waals surface area contributed by atoms with Crippen LogP contribution in [0, 0.1) is 0 Å². The molecule has 0 aliphatic heterocycles. The number of nitrogens with zero attached hydrogens (tertiary/aromatic N) is 4. The Balaban J connectivity index is 6.16. The van der Waals surface area contributed by atoms with Crippen LogP contribution >= 0.6 is 78.6 Å². The van der Waals surface area contributed by atoms with Gasteiger partial charge in [0.2, 0.25) is 0 Å². The van der Waals surface area contributed by atoms with Crippen molar-refractivity contribution in [3.05, 3.63) is 0 Å². The minimum Gasteiger partial charge on any atom is -0.314 e. The van der Waals surface area contributed by atoms with Crippen LogP contribution < -0.4 is 0 Å². The Labute approximate surface area is 195 Å². The number of hydrogen-bond acceptors (Lipinski definition) is 5. The summed E-state index contributed by atoms with van der Waals surface area (Å²) in [7, 11) is -2.18. The molecule has 0 aromatic heterocycles. The van der Waals surface area contributed by atoms with Gasteiger partial charge in [-0.1, -0.05) is 47.3 Å². The average Bonchev–Trinajstić information content (AvgIpc) is 2.45. The molecule has 0 bridgehead atoms. The molecule has 26 heavy (non-hydrogen) atoms. The summed E-state index contributed by atoms with van der Waals surface area (Å²) in [6, 6.07) is 0. The Bertz CT molecular complexity index is 392. The normalized spacial score (nSPS) is 14.2. The Morgan fingerprint density at radius 2 is 1.04 bits per heavy atom. The van der Waals surface area contributed by atoms with Gasteiger partial charge < -0.3 is 9.62 Å². The Morgan fingerprint density at radius 3 is 1.23 bits per heavy atom. The van der Waals surface area contributed by atoms with E-state index in [0.29, 0.717) is 0 Å². The molecule has 0 N–H and O–H groups in total. The quantitative estimate of drug-likeness (QED) is 0.167. The Morgan fingerprint density at radius 1 is 0.692 bits per heavy atom. The SMILES string of the molecule is CCN(CC)B(N(CC)CC)N(SN([Si](C)(C)C)[Si](Cl)(Cl)Cl)[Si](Cl)(Cl)Cl. The minimum atomic E-state index is -3.30. The highest BCUT2D eigenvalue weighted by molar-refractivity contribution is 8.04. The third-order valence-corrected chi connectivity index (χ3v) is 20.0. The predicted octanol–water partition coefficient (Wildman–Crippen LogP) is 5.96. The van der Waals surface area contributed by atoms with E-state index in [1.807, 2.05) is 7.52 Å². The van der Waals surface area contributed by atoms with E-state index < -0.39 is 20.6 Å². The maximum Gasteiger partial charge on any atom is 0.428 e. The molecule has 0 rings (SSSR count). The van der Waals surface area contributed by atoms with Crippen molar-refractivity contribution in [3.63, 3.8) is 0 Å². The summed E-state index contributed by atoms with van der Waals surface area (Å²) < 4.78 is 3.78. The van der Waals surface area contributed by atoms with Crippen molar-refractivity contribution < 1.29 is 0 Å². The van der Waals surface area contributed by atoms with Crippen molar-refractivity contribution in [2.75, 3.05) is 26.2 Å². The van der Waals surface area contributed by atoms with Crippen LogP contribution in [0.1, 0.15) is 27.7 Å². The van der Waals surface area contributed by atoms with Gasteiger partial charge in [-0.2, -0.15) is 0 Å². The zero-order valence-electron chi connectivity index (χ0n) is 16.4. The van der Waals surface area contributed by atoms with Crippen molar-refractivity contribution in [1.29, 1.82) is 0 Å². The molecule has 0 aliphatic carbocycles. The van der Waals surface area contributed by atoms with Crippen molar-refractivity contribution >= 4 is 106 Å². The molecule has 0 amide bonds. The summed E-state index contributed by atoms with van der Waals surface area (Å²) in [5.41, 5.74) is 0. The largest absolute Gasteiger partial charge is 0.428 e. The smallest absolute Gasteiger partial charge is 0.314 e. The highest BCUT2D eigenvalue weighted by Gasteiger charge is 2.53. The van der Waals surface area contributed by atoms with Crippen LogP contribution in [0.2, 0.25) is 19.6 Å². The van der Waals surface area contributed by atoms with Crippen LogP contribution in [0.5, 0.6) is 0 Å². The van der Waals surface area contributed by atoms with Gasteiger partial charge in [-0.25, -0.2) is 7.52 Å². The second-order valence-corrected chi connectivity index (χ2v) is 29.9. The van der Waals surface area contributed by atoms with Crippen molar-refractivity contribution in [2.24, 2.45) is 0 Å². The fraction of sp³-hybridized carbons (Fsp3) is 1.00. The third-order valence-electron chi connectivity index (χ3n) is 3.75. The molecule has 0 atom stereocenters. The van der Waals surface area contributed by atoms with Crippen LogP contribution in [0.25, 0.3) is 0 Å². The van der Waals surface area contributed by atoms with Crippen LogP contribution in [-0.2, 0) is 0 Å². The molecule has 0 radical (unpaired) electrons. The van der Waals surface area contributed by atoms with Crippen molar-refractivity contribution in [2.45, 2.75) is 47.3 Å². The van der Waals surface area contributed by atoms with E-state index in [9.17, 15) is 0 Å². The molecule has 0 aromatic rings. The lowest BCUT2D eigenvalue weighted by atomic mass is 9.88. The topological polar surface area (TPSA) is 13.0 Å². The molecule has 0 saturated carbocycles. The molecule has 156 valence electrons. The van der Waals surface area contributed by atoms with Gasteiger partial charge in [0, 0.05) is 0 Å². The lowest BCUT2D eigenvalue weighted by Gasteiger charge is -2.47. The highest BCUT2D eigenvalue weighted by atomic mass is 35.8. The lowest BCUT2D eigenvalue weighted by molar-refractivity contribution is 0.359. The van der Waals surface area contributed by atoms with Gasteiger partial charge in [0.1, 0.15) is 8.24 Å². The molecule has 0 aromatic carbocycles. The first-order chi connectivity index (χ1) is 11.6. The van der Waals surface area contributed by atoms with Gasteiger partial charge in [-0.05, 0) is 38.3 Å². The predicted molar refractivity (Wildman–Crippen MR) is 133 cm³/mol. The summed E-state index contributed by atoms with van der Waals surface area (Å²) in [5, 5.41) is 0. The van der Waals surface area contributed by atoms with Gasteiger partial charge in [0.15, 0.2) is 0 Å². The molecular weight excluding hydrogens is 528 g/mol. The molecule has 0 saturated heterocycles. The van der Waals surface area contributed by atoms with Gasteiger partial charge in [-0.15, -0.1) is 66.5 Å². The summed E-state index contributed by atoms with van der Waals surface area (Å²) >= 11 is 40.2. The zero-order chi connectivity index (χ0) is 20.9. The summed E-state index contributed by atoms with van der Waals surface area (Å²) in [6.07, 6.45) is -6.48. The minimum absolute atomic E-state index is 0.190. The molecule has 0 fully saturated rings. The van der Waals surface area contributed by atoms with Crippen LogP contribution in [0.15, 0.2) is 0 Å². The van der Waals surface area contributed by atoms with E-state index >= 15 is 0 Å². The first-order valence-electron chi connectivity index (χ1n) is 8.54. The monoisotopic (exact) mass is 554 g/mol. The maximum absolute atomic E-state index is 6.55. The van der Waals surface area contributed by atoms with E-state index in [-0.39, 0.29) is 7.12 Å². The second-order valence-electron chi connectivity index (χ2n) is 6.60. The number of hydrogen-bond donors (Lipinski definition) is 0. The summed E-state index contributed by atoms with van der Waals surface area (Å²) in [4.78, 5) is 4.52. The molecule has 0 spiro atoms. The maximum atomic E-state index is 6.55. The van der Waals surface area contributed by atoms with Crippen LogP contribution in [0.3, 0.4) is 0 Å². The standard InChI is InChI=1S/C11H29BCl6N4SSi3/c1-8-19(9-2)12(20(10-3)11-4)21(25(13,14)15)23-22(24(5,6)7)26(16,17)18/h8-11H2,1-7H3. The lowest BCUT2D eigenvalue weighted by Crippen LogP contribution is -2.67. The third kappa shape index (κ3) is 8.79. The van der Waals surface area contributed by atoms with Crippen LogP contribution in [0.4, 0.5) is 0 Å². The van der Waals surface area contributed by atoms with Gasteiger partial charge >= 0.3 is 19.4 Å². The van der Waals surface area contributed by atoms with E-state index in [0.717, 1.165) is 26.2 Å². The molecular formula is C11H29BCl6N4SSi3. The number of rotatable bonds is 12. The van der Waals surface area contributed by atoms with Crippen LogP contribution in [-0.4, -0.2) is 71.0 Å². The van der Waals surface area contributed by atoms with E-state index in [1.54, 1.807) is 0 Å². The fourth-order valence-electron chi connectivity index (χ4n) is 2.48. The average molecular weight is 557 g/mol. The molecule has 0 heterocycles. The van der Waals surface area contributed by atoms with E-state index in [4.69, 9.17) is 66.5 Å². The van der Waals surface area contributed by atoms with E-state index in [2.05, 4.69) is 57.0 Å². The molecule has 0 unspecified atom stereocenters. The molecule has 4 nitrogen and oxygen atoms in total. The fourth-order valence-corrected chi connectivity index (χ4v) is 18.9. The first-order valence-corrected chi connectivity index (χ1v) is 22.7. The number of halogens is 6. The summed E-state index contributed by atoms with van der Waals surface area (Å²) in [5.74, 6) is 0. The zero-order valence-corrected chi connectivity index (χ0v) is 24.7. The molecule has 0 aliphatic rings. The van der Waals surface area contributed by atoms with Gasteiger partial charge in [-0.3, -0.25) is 0 Å².